The Balaban J connectivity index is 0.000000452. The zero-order chi connectivity index (χ0) is 89.9. The first-order valence-corrected chi connectivity index (χ1v) is 45.7. The monoisotopic (exact) mass is 1690 g/mol. The van der Waals surface area contributed by atoms with E-state index in [0.717, 1.165) is 55.1 Å². The topological polar surface area (TPSA) is 249 Å². The van der Waals surface area contributed by atoms with Gasteiger partial charge in [0, 0.05) is 77.5 Å². The minimum atomic E-state index is -3.26. The van der Waals surface area contributed by atoms with Crippen LogP contribution in [0, 0.1) is 68.6 Å². The minimum Gasteiger partial charge on any atom is -0.461 e. The number of ketones is 5. The van der Waals surface area contributed by atoms with E-state index in [-0.39, 0.29) is 55.6 Å². The number of sulfone groups is 3. The molecule has 0 aliphatic rings. The van der Waals surface area contributed by atoms with Crippen molar-refractivity contribution in [2.45, 2.75) is 283 Å². The molecule has 22 heteroatoms. The van der Waals surface area contributed by atoms with Crippen LogP contribution in [0.4, 0.5) is 0 Å². The third-order valence-electron chi connectivity index (χ3n) is 17.8. The van der Waals surface area contributed by atoms with Crippen molar-refractivity contribution in [2.75, 3.05) is 11.5 Å². The van der Waals surface area contributed by atoms with Gasteiger partial charge in [-0.05, 0) is 194 Å². The van der Waals surface area contributed by atoms with E-state index in [9.17, 15) is 49.2 Å². The molecule has 0 aliphatic heterocycles. The van der Waals surface area contributed by atoms with Crippen LogP contribution in [-0.4, -0.2) is 104 Å². The lowest BCUT2D eigenvalue weighted by Crippen LogP contribution is -2.30. The van der Waals surface area contributed by atoms with E-state index in [4.69, 9.17) is 4.42 Å². The number of carbonyl (C=O) groups is 5. The molecule has 17 nitrogen and oxygen atoms in total. The van der Waals surface area contributed by atoms with Gasteiger partial charge in [0.25, 0.3) is 0 Å². The zero-order valence-electron chi connectivity index (χ0n) is 76.4. The Morgan fingerprint density at radius 1 is 0.491 bits per heavy atom. The van der Waals surface area contributed by atoms with Gasteiger partial charge < -0.3 is 4.42 Å². The van der Waals surface area contributed by atoms with Crippen molar-refractivity contribution in [1.82, 2.24) is 24.5 Å². The molecule has 9 aromatic rings. The average molecular weight is 1690 g/mol. The summed E-state index contributed by atoms with van der Waals surface area (Å²) in [5.41, 5.74) is 9.21. The highest BCUT2D eigenvalue weighted by molar-refractivity contribution is 8.00. The Morgan fingerprint density at radius 2 is 1.01 bits per heavy atom. The van der Waals surface area contributed by atoms with Gasteiger partial charge in [0.1, 0.15) is 18.0 Å². The van der Waals surface area contributed by atoms with Crippen molar-refractivity contribution < 1.29 is 53.6 Å². The Morgan fingerprint density at radius 3 is 1.43 bits per heavy atom. The highest BCUT2D eigenvalue weighted by atomic mass is 32.2. The standard InChI is InChI=1S/C15H18O2S2.C14H15NO.C13H22N2O.C13H18OS.C11H18N2O.C11H16O2S.C10H14O2.C7H16O2S/c1-11-6-5-7-12(8-11)14-9-13(10-18-14)19(16,17)15(2,3)4;1-14(2,3)13(16)11-6-7-12-10(9-11)5-4-8-15-12;1-12(2,3)10-8-9(15(7)14-10)11(16)13(4,5)6;1-10-6-5-7-11(8-10)15-9-12(14)13(2,3)4;1-8-6-9(2)13(12-8)7-10(14)11(3,4)5;1-9-5-7-10(8-6-9)14(12,13)11(2,3)4;1-7-5-6-12-8(7)9(11)10(2,3)4;1-5-6-10(8,9)7(2,3)4/h5-10H,1-4H3;4-9H,1-3H3;8H,1-7H3;5-8H,9H2,1-4H3;6H,7H2,1-5H3;5-8H,1-4H3;5-6H,1-4H3;5-6H2,1-4H3. The molecule has 0 atom stereocenters. The number of nitrogens with zero attached hydrogens (tertiary/aromatic N) is 5. The average Bonchev–Trinajstić information content (AvgIpc) is 1.55. The van der Waals surface area contributed by atoms with Crippen LogP contribution in [0.25, 0.3) is 21.3 Å². The number of thiophene rings is 1. The third kappa shape index (κ3) is 32.9. The zero-order valence-corrected chi connectivity index (χ0v) is 80.4. The maximum atomic E-state index is 12.4. The van der Waals surface area contributed by atoms with Gasteiger partial charge >= 0.3 is 0 Å². The van der Waals surface area contributed by atoms with Crippen LogP contribution >= 0.6 is 23.1 Å². The predicted molar refractivity (Wildman–Crippen MR) is 484 cm³/mol. The van der Waals surface area contributed by atoms with Crippen molar-refractivity contribution in [3.05, 3.63) is 202 Å². The van der Waals surface area contributed by atoms with Crippen LogP contribution in [-0.2, 0) is 58.1 Å². The molecule has 0 N–H and O–H groups in total. The number of Topliss-reactive ketones (excluding diaryl/α,β-unsaturated/α-hetero) is 5. The molecule has 0 bridgehead atoms. The maximum Gasteiger partial charge on any atom is 0.203 e. The molecule has 0 spiro atoms. The number of pyridine rings is 1. The number of thioether (sulfide) groups is 1. The van der Waals surface area contributed by atoms with Crippen LogP contribution in [0.3, 0.4) is 0 Å². The largest absolute Gasteiger partial charge is 0.461 e. The number of benzene rings is 4. The molecule has 640 valence electrons. The van der Waals surface area contributed by atoms with Crippen LogP contribution in [0.2, 0.25) is 0 Å². The summed E-state index contributed by atoms with van der Waals surface area (Å²) in [6.45, 7) is 64.8. The second kappa shape index (κ2) is 41.8. The quantitative estimate of drug-likeness (QED) is 0.0768. The van der Waals surface area contributed by atoms with E-state index in [1.54, 1.807) is 126 Å². The number of fused-ring (bicyclic) bond motifs is 1. The molecule has 9 rings (SSSR count). The molecule has 4 aromatic carbocycles. The Hall–Kier alpha value is -7.76. The van der Waals surface area contributed by atoms with Crippen molar-refractivity contribution in [3.8, 4) is 10.4 Å². The number of hydrogen-bond acceptors (Lipinski definition) is 17. The Bertz CT molecular complexity index is 5100. The van der Waals surface area contributed by atoms with Gasteiger partial charge in [0.05, 0.1) is 58.7 Å². The smallest absolute Gasteiger partial charge is 0.203 e. The van der Waals surface area contributed by atoms with E-state index in [0.29, 0.717) is 51.5 Å². The summed E-state index contributed by atoms with van der Waals surface area (Å²) >= 11 is 3.10. The molecule has 5 aromatic heterocycles. The molecule has 5 heterocycles. The lowest BCUT2D eigenvalue weighted by molar-refractivity contribution is -0.127. The van der Waals surface area contributed by atoms with Crippen LogP contribution in [0.1, 0.15) is 271 Å². The van der Waals surface area contributed by atoms with Crippen LogP contribution in [0.5, 0.6) is 0 Å². The molecule has 0 amide bonds. The molecule has 0 radical (unpaired) electrons. The molecule has 116 heavy (non-hydrogen) atoms. The fraction of sp³-hybridized carbons (Fsp3) is 0.511. The number of aromatic nitrogens is 5. The van der Waals surface area contributed by atoms with E-state index < -0.39 is 43.8 Å². The van der Waals surface area contributed by atoms with Gasteiger partial charge in [-0.15, -0.1) is 23.1 Å². The Labute approximate surface area is 706 Å². The van der Waals surface area contributed by atoms with Crippen molar-refractivity contribution in [3.63, 3.8) is 0 Å². The third-order valence-corrected chi connectivity index (χ3v) is 27.7. The SMILES string of the molecule is CC(C)(C)C(=O)c1ccc2ncccc2c1.CCCS(=O)(=O)C(C)(C)C.Cc1cc(C)n(CC(=O)C(C)(C)C)n1.Cc1ccc(S(=O)(=O)C(C)(C)C)cc1.Cc1cccc(-c2cc(S(=O)(=O)C(C)(C)C)cs2)c1.Cc1cccc(SCC(=O)C(C)(C)C)c1.Cc1ccoc1C(=O)C(C)(C)C.Cn1nc(C(C)(C)C)cc1C(=O)C(C)(C)C. The minimum absolute atomic E-state index is 0.0197. The van der Waals surface area contributed by atoms with Gasteiger partial charge in [-0.3, -0.25) is 38.3 Å². The number of hydrogen-bond donors (Lipinski definition) is 0. The summed E-state index contributed by atoms with van der Waals surface area (Å²) in [7, 11) is -7.48. The first-order valence-electron chi connectivity index (χ1n) is 39.2. The molecule has 0 unspecified atom stereocenters. The lowest BCUT2D eigenvalue weighted by atomic mass is 9.86. The maximum absolute atomic E-state index is 12.4. The van der Waals surface area contributed by atoms with E-state index >= 15 is 0 Å². The summed E-state index contributed by atoms with van der Waals surface area (Å²) < 4.78 is 77.7. The van der Waals surface area contributed by atoms with Gasteiger partial charge in [-0.1, -0.05) is 203 Å². The second-order valence-corrected chi connectivity index (χ2v) is 48.6. The van der Waals surface area contributed by atoms with Crippen molar-refractivity contribution >= 4 is 92.4 Å². The summed E-state index contributed by atoms with van der Waals surface area (Å²) in [6, 6.07) is 40.3. The second-order valence-electron chi connectivity index (χ2n) is 38.4. The van der Waals surface area contributed by atoms with Gasteiger partial charge in [-0.25, -0.2) is 25.3 Å². The van der Waals surface area contributed by atoms with E-state index in [1.807, 2.05) is 237 Å². The van der Waals surface area contributed by atoms with Crippen LogP contribution < -0.4 is 0 Å². The van der Waals surface area contributed by atoms with Crippen molar-refractivity contribution in [2.24, 2.45) is 34.1 Å². The normalized spacial score (nSPS) is 12.3. The molecular formula is C94H137N5O12S5. The van der Waals surface area contributed by atoms with Gasteiger partial charge in [-0.2, -0.15) is 10.2 Å². The molecule has 0 saturated carbocycles. The van der Waals surface area contributed by atoms with E-state index in [2.05, 4.69) is 61.1 Å². The molecule has 0 fully saturated rings. The fourth-order valence-corrected chi connectivity index (χ4v) is 15.7. The highest BCUT2D eigenvalue weighted by Gasteiger charge is 2.34. The molecule has 0 saturated heterocycles. The number of aryl methyl sites for hydroxylation is 7. The summed E-state index contributed by atoms with van der Waals surface area (Å²) in [4.78, 5) is 66.6. The summed E-state index contributed by atoms with van der Waals surface area (Å²) in [6.07, 6.45) is 4.02. The number of carbonyl (C=O) groups excluding carboxylic acids is 5. The Kier molecular flexibility index (Phi) is 37.6. The lowest BCUT2D eigenvalue weighted by Gasteiger charge is -2.19. The first-order chi connectivity index (χ1) is 52.4. The molecule has 0 aliphatic carbocycles. The van der Waals surface area contributed by atoms with Crippen LogP contribution in [0.15, 0.2) is 164 Å². The van der Waals surface area contributed by atoms with Gasteiger partial charge in [0.2, 0.25) is 5.78 Å². The number of furan rings is 1. The highest BCUT2D eigenvalue weighted by Crippen LogP contribution is 2.35. The summed E-state index contributed by atoms with van der Waals surface area (Å²) in [5, 5.41) is 11.4. The predicted octanol–water partition coefficient (Wildman–Crippen LogP) is 23.5. The summed E-state index contributed by atoms with van der Waals surface area (Å²) in [5.74, 6) is 2.23. The number of rotatable bonds is 13. The van der Waals surface area contributed by atoms with Gasteiger partial charge in [0.15, 0.2) is 52.6 Å². The van der Waals surface area contributed by atoms with E-state index in [1.165, 1.54) is 27.4 Å². The van der Waals surface area contributed by atoms with Crippen molar-refractivity contribution in [1.29, 1.82) is 0 Å². The fourth-order valence-electron chi connectivity index (χ4n) is 9.71. The first kappa shape index (κ1) is 104. The molecular weight excluding hydrogens is 1550 g/mol.